The molecule has 0 radical (unpaired) electrons. The second-order valence-corrected chi connectivity index (χ2v) is 4.77. The average Bonchev–Trinajstić information content (AvgIpc) is 2.06. The first-order valence-corrected chi connectivity index (χ1v) is 5.71. The monoisotopic (exact) mass is 230 g/mol. The van der Waals surface area contributed by atoms with E-state index in [0.29, 0.717) is 10.6 Å². The number of hydrogen-bond acceptors (Lipinski definition) is 3. The molecule has 14 heavy (non-hydrogen) atoms. The fraction of sp³-hybridized carbons (Fsp3) is 0.125. The molecule has 0 amide bonds. The number of hydrogen-bond donors (Lipinski definition) is 1. The van der Waals surface area contributed by atoms with Crippen molar-refractivity contribution >= 4 is 21.6 Å². The molecule has 0 fully saturated rings. The second-order valence-electron chi connectivity index (χ2n) is 2.72. The summed E-state index contributed by atoms with van der Waals surface area (Å²) in [7, 11) is -3.62. The largest absolute Gasteiger partial charge is 0.228 e. The van der Waals surface area contributed by atoms with Crippen LogP contribution < -0.4 is 5.14 Å². The summed E-state index contributed by atoms with van der Waals surface area (Å²) >= 11 is 5.64. The van der Waals surface area contributed by atoms with Gasteiger partial charge in [-0.05, 0) is 17.7 Å². The Morgan fingerprint density at radius 1 is 1.50 bits per heavy atom. The molecule has 0 aromatic heterocycles. The second kappa shape index (κ2) is 3.96. The van der Waals surface area contributed by atoms with E-state index in [1.807, 2.05) is 6.07 Å². The maximum absolute atomic E-state index is 10.8. The zero-order valence-corrected chi connectivity index (χ0v) is 8.64. The SMILES string of the molecule is N#Cc1cc(Cl)ccc1CS(N)(=O)=O. The highest BCUT2D eigenvalue weighted by atomic mass is 35.5. The summed E-state index contributed by atoms with van der Waals surface area (Å²) in [6.07, 6.45) is 0. The van der Waals surface area contributed by atoms with Gasteiger partial charge in [0, 0.05) is 5.02 Å². The lowest BCUT2D eigenvalue weighted by Gasteiger charge is -2.01. The van der Waals surface area contributed by atoms with Crippen LogP contribution in [0.15, 0.2) is 18.2 Å². The van der Waals surface area contributed by atoms with Crippen molar-refractivity contribution < 1.29 is 8.42 Å². The van der Waals surface area contributed by atoms with Gasteiger partial charge < -0.3 is 0 Å². The summed E-state index contributed by atoms with van der Waals surface area (Å²) in [4.78, 5) is 0. The van der Waals surface area contributed by atoms with E-state index in [4.69, 9.17) is 22.0 Å². The molecule has 0 saturated carbocycles. The van der Waals surface area contributed by atoms with Crippen LogP contribution >= 0.6 is 11.6 Å². The zero-order chi connectivity index (χ0) is 10.8. The van der Waals surface area contributed by atoms with Crippen LogP contribution in [0.4, 0.5) is 0 Å². The van der Waals surface area contributed by atoms with Crippen molar-refractivity contribution in [1.29, 1.82) is 5.26 Å². The lowest BCUT2D eigenvalue weighted by Crippen LogP contribution is -2.15. The normalized spacial score (nSPS) is 10.9. The molecule has 6 heteroatoms. The number of nitrogens with zero attached hydrogens (tertiary/aromatic N) is 1. The molecule has 0 saturated heterocycles. The Hall–Kier alpha value is -1.09. The molecular weight excluding hydrogens is 224 g/mol. The summed E-state index contributed by atoms with van der Waals surface area (Å²) in [6.45, 7) is 0. The number of sulfonamides is 1. The fourth-order valence-electron chi connectivity index (χ4n) is 0.995. The Morgan fingerprint density at radius 2 is 2.14 bits per heavy atom. The molecule has 0 heterocycles. The molecule has 0 unspecified atom stereocenters. The van der Waals surface area contributed by atoms with E-state index in [1.165, 1.54) is 18.2 Å². The van der Waals surface area contributed by atoms with Crippen molar-refractivity contribution in [3.8, 4) is 6.07 Å². The summed E-state index contributed by atoms with van der Waals surface area (Å²) < 4.78 is 21.6. The van der Waals surface area contributed by atoms with Gasteiger partial charge in [0.15, 0.2) is 0 Å². The van der Waals surface area contributed by atoms with Crippen molar-refractivity contribution in [3.63, 3.8) is 0 Å². The molecule has 0 spiro atoms. The number of benzene rings is 1. The van der Waals surface area contributed by atoms with E-state index in [-0.39, 0.29) is 11.3 Å². The van der Waals surface area contributed by atoms with Crippen molar-refractivity contribution in [2.24, 2.45) is 5.14 Å². The summed E-state index contributed by atoms with van der Waals surface area (Å²) in [5, 5.41) is 13.9. The molecule has 4 nitrogen and oxygen atoms in total. The molecule has 2 N–H and O–H groups in total. The minimum atomic E-state index is -3.62. The molecule has 0 aliphatic heterocycles. The van der Waals surface area contributed by atoms with E-state index in [2.05, 4.69) is 0 Å². The van der Waals surface area contributed by atoms with E-state index >= 15 is 0 Å². The maximum atomic E-state index is 10.8. The third-order valence-corrected chi connectivity index (χ3v) is 2.50. The Bertz CT molecular complexity index is 491. The van der Waals surface area contributed by atoms with Crippen LogP contribution in [-0.2, 0) is 15.8 Å². The van der Waals surface area contributed by atoms with Crippen LogP contribution in [0.5, 0.6) is 0 Å². The Morgan fingerprint density at radius 3 is 2.64 bits per heavy atom. The molecule has 1 aromatic carbocycles. The van der Waals surface area contributed by atoms with Gasteiger partial charge in [0.25, 0.3) is 0 Å². The summed E-state index contributed by atoms with van der Waals surface area (Å²) in [5.41, 5.74) is 0.589. The van der Waals surface area contributed by atoms with Crippen LogP contribution in [0.1, 0.15) is 11.1 Å². The van der Waals surface area contributed by atoms with Crippen LogP contribution in [0.25, 0.3) is 0 Å². The van der Waals surface area contributed by atoms with Gasteiger partial charge in [0.05, 0.1) is 17.4 Å². The first kappa shape index (κ1) is 11.0. The lowest BCUT2D eigenvalue weighted by atomic mass is 10.1. The quantitative estimate of drug-likeness (QED) is 0.823. The standard InChI is InChI=1S/C8H7ClN2O2S/c9-8-2-1-6(5-14(11,12)13)7(3-8)4-10/h1-3H,5H2,(H2,11,12,13). The van der Waals surface area contributed by atoms with Gasteiger partial charge in [0.2, 0.25) is 10.0 Å². The summed E-state index contributed by atoms with van der Waals surface area (Å²) in [5.74, 6) is -0.354. The van der Waals surface area contributed by atoms with E-state index in [0.717, 1.165) is 0 Å². The van der Waals surface area contributed by atoms with Crippen LogP contribution in [0, 0.1) is 11.3 Å². The minimum absolute atomic E-state index is 0.228. The van der Waals surface area contributed by atoms with Crippen molar-refractivity contribution in [3.05, 3.63) is 34.3 Å². The van der Waals surface area contributed by atoms with Gasteiger partial charge in [-0.25, -0.2) is 13.6 Å². The Labute approximate surface area is 87.0 Å². The van der Waals surface area contributed by atoms with Crippen molar-refractivity contribution in [2.75, 3.05) is 0 Å². The first-order chi connectivity index (χ1) is 6.42. The number of nitrogens with two attached hydrogens (primary N) is 1. The van der Waals surface area contributed by atoms with Gasteiger partial charge in [-0.1, -0.05) is 17.7 Å². The third kappa shape index (κ3) is 3.00. The van der Waals surface area contributed by atoms with Crippen LogP contribution in [-0.4, -0.2) is 8.42 Å². The number of halogens is 1. The van der Waals surface area contributed by atoms with Gasteiger partial charge in [-0.3, -0.25) is 0 Å². The highest BCUT2D eigenvalue weighted by Gasteiger charge is 2.09. The number of primary sulfonamides is 1. The van der Waals surface area contributed by atoms with Gasteiger partial charge >= 0.3 is 0 Å². The Balaban J connectivity index is 3.17. The molecular formula is C8H7ClN2O2S. The Kier molecular flexibility index (Phi) is 3.11. The van der Waals surface area contributed by atoms with Crippen molar-refractivity contribution in [2.45, 2.75) is 5.75 Å². The highest BCUT2D eigenvalue weighted by molar-refractivity contribution is 7.88. The van der Waals surface area contributed by atoms with Gasteiger partial charge in [0.1, 0.15) is 0 Å². The molecule has 74 valence electrons. The van der Waals surface area contributed by atoms with Crippen LogP contribution in [0.3, 0.4) is 0 Å². The molecule has 0 aliphatic rings. The molecule has 0 bridgehead atoms. The predicted octanol–water partition coefficient (Wildman–Crippen LogP) is 1.00. The molecule has 0 atom stereocenters. The molecule has 1 rings (SSSR count). The topological polar surface area (TPSA) is 83.9 Å². The average molecular weight is 231 g/mol. The third-order valence-electron chi connectivity index (χ3n) is 1.55. The summed E-state index contributed by atoms with van der Waals surface area (Å²) in [6, 6.07) is 6.25. The number of nitriles is 1. The van der Waals surface area contributed by atoms with Gasteiger partial charge in [-0.2, -0.15) is 5.26 Å². The van der Waals surface area contributed by atoms with Crippen LogP contribution in [0.2, 0.25) is 5.02 Å². The van der Waals surface area contributed by atoms with E-state index in [1.54, 1.807) is 0 Å². The smallest absolute Gasteiger partial charge is 0.213 e. The lowest BCUT2D eigenvalue weighted by molar-refractivity contribution is 0.597. The van der Waals surface area contributed by atoms with Crippen molar-refractivity contribution in [1.82, 2.24) is 0 Å². The predicted molar refractivity (Wildman–Crippen MR) is 53.0 cm³/mol. The minimum Gasteiger partial charge on any atom is -0.228 e. The van der Waals surface area contributed by atoms with E-state index in [9.17, 15) is 8.42 Å². The van der Waals surface area contributed by atoms with E-state index < -0.39 is 10.0 Å². The molecule has 1 aromatic rings. The first-order valence-electron chi connectivity index (χ1n) is 3.61. The maximum Gasteiger partial charge on any atom is 0.213 e. The molecule has 0 aliphatic carbocycles. The van der Waals surface area contributed by atoms with Gasteiger partial charge in [-0.15, -0.1) is 0 Å². The number of rotatable bonds is 2. The zero-order valence-electron chi connectivity index (χ0n) is 7.07. The highest BCUT2D eigenvalue weighted by Crippen LogP contribution is 2.16. The fourth-order valence-corrected chi connectivity index (χ4v) is 1.85.